The fourth-order valence-corrected chi connectivity index (χ4v) is 1.99. The van der Waals surface area contributed by atoms with Crippen LogP contribution < -0.4 is 0 Å². The molecule has 0 spiro atoms. The van der Waals surface area contributed by atoms with E-state index in [0.29, 0.717) is 6.42 Å². The molecule has 0 saturated carbocycles. The van der Waals surface area contributed by atoms with Crippen molar-refractivity contribution < 1.29 is 19.8 Å². The molecule has 4 nitrogen and oxygen atoms in total. The molecule has 0 amide bonds. The van der Waals surface area contributed by atoms with Crippen molar-refractivity contribution in [2.45, 2.75) is 46.5 Å². The van der Waals surface area contributed by atoms with Crippen LogP contribution in [-0.4, -0.2) is 41.0 Å². The number of carboxylic acids is 2. The van der Waals surface area contributed by atoms with Crippen molar-refractivity contribution in [3.63, 3.8) is 0 Å². The van der Waals surface area contributed by atoms with E-state index in [1.165, 1.54) is 0 Å². The van der Waals surface area contributed by atoms with Crippen LogP contribution in [0.3, 0.4) is 0 Å². The number of rotatable bonds is 8. The van der Waals surface area contributed by atoms with E-state index in [9.17, 15) is 9.59 Å². The quantitative estimate of drug-likeness (QED) is 0.385. The van der Waals surface area contributed by atoms with E-state index >= 15 is 0 Å². The number of carbonyl (C=O) groups is 2. The third kappa shape index (κ3) is 6.75. The SMILES string of the molecule is CCCCCC(C(C)C)C(C(=O)O)C(=O)O.[LiH]. The molecule has 0 fully saturated rings. The molecule has 1 atom stereocenters. The molecular formula is C12H23LiO4. The summed E-state index contributed by atoms with van der Waals surface area (Å²) in [5.74, 6) is -3.90. The molecule has 0 aromatic heterocycles. The second kappa shape index (κ2) is 9.56. The summed E-state index contributed by atoms with van der Waals surface area (Å²) in [5.41, 5.74) is 0. The Labute approximate surface area is 115 Å². The zero-order valence-corrected chi connectivity index (χ0v) is 10.3. The van der Waals surface area contributed by atoms with Crippen molar-refractivity contribution in [1.82, 2.24) is 0 Å². The Morgan fingerprint density at radius 2 is 1.53 bits per heavy atom. The number of aliphatic carboxylic acids is 2. The maximum atomic E-state index is 10.9. The average Bonchev–Trinajstić information content (AvgIpc) is 2.14. The van der Waals surface area contributed by atoms with Gasteiger partial charge in [-0.3, -0.25) is 9.59 Å². The van der Waals surface area contributed by atoms with Gasteiger partial charge >= 0.3 is 30.8 Å². The van der Waals surface area contributed by atoms with Crippen LogP contribution in [0.5, 0.6) is 0 Å². The number of carboxylic acid groups (broad SMARTS) is 2. The molecule has 2 N–H and O–H groups in total. The molecule has 0 aliphatic rings. The predicted molar refractivity (Wildman–Crippen MR) is 68.4 cm³/mol. The van der Waals surface area contributed by atoms with Crippen LogP contribution in [-0.2, 0) is 9.59 Å². The van der Waals surface area contributed by atoms with E-state index < -0.39 is 17.9 Å². The number of hydrogen-bond donors (Lipinski definition) is 2. The Morgan fingerprint density at radius 3 is 1.82 bits per heavy atom. The van der Waals surface area contributed by atoms with Gasteiger partial charge in [-0.1, -0.05) is 40.0 Å². The zero-order chi connectivity index (χ0) is 12.7. The van der Waals surface area contributed by atoms with Gasteiger partial charge in [0.05, 0.1) is 0 Å². The van der Waals surface area contributed by atoms with Gasteiger partial charge in [0.1, 0.15) is 0 Å². The van der Waals surface area contributed by atoms with Crippen molar-refractivity contribution in [3.8, 4) is 0 Å². The summed E-state index contributed by atoms with van der Waals surface area (Å²) in [6.07, 6.45) is 3.65. The minimum atomic E-state index is -1.27. The predicted octanol–water partition coefficient (Wildman–Crippen LogP) is 1.98. The third-order valence-electron chi connectivity index (χ3n) is 2.96. The topological polar surface area (TPSA) is 74.6 Å². The van der Waals surface area contributed by atoms with Gasteiger partial charge in [0.2, 0.25) is 0 Å². The van der Waals surface area contributed by atoms with Gasteiger partial charge in [-0.05, 0) is 18.3 Å². The maximum absolute atomic E-state index is 10.9. The van der Waals surface area contributed by atoms with Crippen molar-refractivity contribution in [3.05, 3.63) is 0 Å². The summed E-state index contributed by atoms with van der Waals surface area (Å²) in [4.78, 5) is 21.9. The van der Waals surface area contributed by atoms with E-state index in [0.717, 1.165) is 19.3 Å². The Kier molecular flexibility index (Phi) is 10.6. The summed E-state index contributed by atoms with van der Waals surface area (Å²) in [5, 5.41) is 17.9. The normalized spacial score (nSPS) is 12.3. The van der Waals surface area contributed by atoms with Crippen molar-refractivity contribution in [2.75, 3.05) is 0 Å². The van der Waals surface area contributed by atoms with Crippen molar-refractivity contribution in [1.29, 1.82) is 0 Å². The second-order valence-electron chi connectivity index (χ2n) is 4.56. The molecule has 17 heavy (non-hydrogen) atoms. The Hall–Kier alpha value is -0.463. The Morgan fingerprint density at radius 1 is 1.06 bits per heavy atom. The van der Waals surface area contributed by atoms with Crippen molar-refractivity contribution >= 4 is 30.8 Å². The number of unbranched alkanes of at least 4 members (excludes halogenated alkanes) is 2. The molecule has 0 saturated heterocycles. The third-order valence-corrected chi connectivity index (χ3v) is 2.96. The van der Waals surface area contributed by atoms with Crippen LogP contribution in [0.25, 0.3) is 0 Å². The minimum absolute atomic E-state index is 0. The molecule has 5 heteroatoms. The van der Waals surface area contributed by atoms with Crippen LogP contribution >= 0.6 is 0 Å². The molecule has 0 heterocycles. The standard InChI is InChI=1S/C12H22O4.Li.H/c1-4-5-6-7-9(8(2)3)10(11(13)14)12(15)16;;/h8-10H,4-7H2,1-3H3,(H,13,14)(H,15,16);;. The molecular weight excluding hydrogens is 215 g/mol. The first-order chi connectivity index (χ1) is 7.41. The fourth-order valence-electron chi connectivity index (χ4n) is 1.99. The molecule has 0 aromatic rings. The second-order valence-corrected chi connectivity index (χ2v) is 4.56. The van der Waals surface area contributed by atoms with Gasteiger partial charge in [0.15, 0.2) is 5.92 Å². The molecule has 0 radical (unpaired) electrons. The molecule has 0 bridgehead atoms. The molecule has 0 aliphatic carbocycles. The number of hydrogen-bond acceptors (Lipinski definition) is 2. The Bertz CT molecular complexity index is 227. The van der Waals surface area contributed by atoms with Crippen LogP contribution in [0, 0.1) is 17.8 Å². The van der Waals surface area contributed by atoms with Crippen molar-refractivity contribution in [2.24, 2.45) is 17.8 Å². The molecule has 1 unspecified atom stereocenters. The Balaban J connectivity index is 0. The monoisotopic (exact) mass is 238 g/mol. The fraction of sp³-hybridized carbons (Fsp3) is 0.833. The van der Waals surface area contributed by atoms with Gasteiger partial charge in [-0.25, -0.2) is 0 Å². The van der Waals surface area contributed by atoms with E-state index in [1.54, 1.807) is 0 Å². The van der Waals surface area contributed by atoms with Crippen LogP contribution in [0.15, 0.2) is 0 Å². The summed E-state index contributed by atoms with van der Waals surface area (Å²) >= 11 is 0. The van der Waals surface area contributed by atoms with Crippen LogP contribution in [0.1, 0.15) is 46.5 Å². The van der Waals surface area contributed by atoms with Gasteiger partial charge in [-0.15, -0.1) is 0 Å². The van der Waals surface area contributed by atoms with Gasteiger partial charge in [-0.2, -0.15) is 0 Å². The van der Waals surface area contributed by atoms with Crippen LogP contribution in [0.2, 0.25) is 0 Å². The van der Waals surface area contributed by atoms with Gasteiger partial charge < -0.3 is 10.2 Å². The van der Waals surface area contributed by atoms with Crippen LogP contribution in [0.4, 0.5) is 0 Å². The summed E-state index contributed by atoms with van der Waals surface area (Å²) < 4.78 is 0. The molecule has 0 aliphatic heterocycles. The first-order valence-corrected chi connectivity index (χ1v) is 5.87. The molecule has 0 rings (SSSR count). The van der Waals surface area contributed by atoms with E-state index in [4.69, 9.17) is 10.2 Å². The molecule has 96 valence electrons. The molecule has 0 aromatic carbocycles. The summed E-state index contributed by atoms with van der Waals surface area (Å²) in [6.45, 7) is 5.83. The summed E-state index contributed by atoms with van der Waals surface area (Å²) in [6, 6.07) is 0. The summed E-state index contributed by atoms with van der Waals surface area (Å²) in [7, 11) is 0. The zero-order valence-electron chi connectivity index (χ0n) is 10.3. The van der Waals surface area contributed by atoms with E-state index in [2.05, 4.69) is 6.92 Å². The first-order valence-electron chi connectivity index (χ1n) is 5.87. The first kappa shape index (κ1) is 18.9. The average molecular weight is 238 g/mol. The van der Waals surface area contributed by atoms with Gasteiger partial charge in [0.25, 0.3) is 0 Å². The van der Waals surface area contributed by atoms with E-state index in [1.807, 2.05) is 13.8 Å². The van der Waals surface area contributed by atoms with Gasteiger partial charge in [0, 0.05) is 0 Å². The van der Waals surface area contributed by atoms with E-state index in [-0.39, 0.29) is 30.7 Å².